The lowest BCUT2D eigenvalue weighted by Gasteiger charge is -2.25. The smallest absolute Gasteiger partial charge is 0.323 e. The van der Waals surface area contributed by atoms with Gasteiger partial charge in [0.2, 0.25) is 5.91 Å². The van der Waals surface area contributed by atoms with E-state index in [-0.39, 0.29) is 18.4 Å². The first-order valence-corrected chi connectivity index (χ1v) is 9.05. The first kappa shape index (κ1) is 18.2. The van der Waals surface area contributed by atoms with E-state index in [2.05, 4.69) is 0 Å². The summed E-state index contributed by atoms with van der Waals surface area (Å²) in [5, 5.41) is 11.1. The molecule has 0 saturated carbocycles. The monoisotopic (exact) mass is 345 g/mol. The van der Waals surface area contributed by atoms with Gasteiger partial charge in [-0.3, -0.25) is 9.59 Å². The van der Waals surface area contributed by atoms with Crippen LogP contribution in [0.1, 0.15) is 23.8 Å². The summed E-state index contributed by atoms with van der Waals surface area (Å²) in [6.07, 6.45) is 2.03. The van der Waals surface area contributed by atoms with Crippen LogP contribution in [0.4, 0.5) is 0 Å². The highest BCUT2D eigenvalue weighted by molar-refractivity contribution is 7.09. The van der Waals surface area contributed by atoms with Crippen molar-refractivity contribution in [3.8, 4) is 0 Å². The summed E-state index contributed by atoms with van der Waals surface area (Å²) < 4.78 is 0. The molecule has 1 heterocycles. The number of benzene rings is 1. The van der Waals surface area contributed by atoms with Gasteiger partial charge in [0.25, 0.3) is 0 Å². The Morgan fingerprint density at radius 1 is 1.17 bits per heavy atom. The minimum atomic E-state index is -0.968. The summed E-state index contributed by atoms with van der Waals surface area (Å²) >= 11 is 1.63. The quantitative estimate of drug-likeness (QED) is 0.757. The number of thiophene rings is 1. The van der Waals surface area contributed by atoms with Crippen molar-refractivity contribution in [3.63, 3.8) is 0 Å². The number of nitrogens with zero attached hydrogens (tertiary/aromatic N) is 1. The van der Waals surface area contributed by atoms with Crippen LogP contribution in [0.2, 0.25) is 0 Å². The lowest BCUT2D eigenvalue weighted by molar-refractivity contribution is -0.146. The topological polar surface area (TPSA) is 57.6 Å². The van der Waals surface area contributed by atoms with E-state index < -0.39 is 5.97 Å². The van der Waals surface area contributed by atoms with Crippen LogP contribution in [0, 0.1) is 5.92 Å². The molecule has 0 radical (unpaired) electrons. The van der Waals surface area contributed by atoms with Gasteiger partial charge in [-0.05, 0) is 36.3 Å². The Labute approximate surface area is 146 Å². The van der Waals surface area contributed by atoms with Gasteiger partial charge in [0.1, 0.15) is 6.54 Å². The second kappa shape index (κ2) is 9.23. The van der Waals surface area contributed by atoms with Crippen molar-refractivity contribution in [1.29, 1.82) is 0 Å². The molecule has 24 heavy (non-hydrogen) atoms. The second-order valence-corrected chi connectivity index (χ2v) is 6.81. The Balaban J connectivity index is 2.04. The lowest BCUT2D eigenvalue weighted by Crippen LogP contribution is -2.41. The molecule has 2 aromatic rings. The third-order valence-electron chi connectivity index (χ3n) is 4.01. The highest BCUT2D eigenvalue weighted by Crippen LogP contribution is 2.17. The molecule has 0 aliphatic heterocycles. The van der Waals surface area contributed by atoms with Crippen LogP contribution in [0.5, 0.6) is 0 Å². The Morgan fingerprint density at radius 2 is 1.92 bits per heavy atom. The molecule has 1 amide bonds. The van der Waals surface area contributed by atoms with Crippen molar-refractivity contribution < 1.29 is 14.7 Å². The van der Waals surface area contributed by atoms with Crippen molar-refractivity contribution >= 4 is 23.2 Å². The molecule has 128 valence electrons. The van der Waals surface area contributed by atoms with Crippen molar-refractivity contribution in [2.45, 2.75) is 26.2 Å². The van der Waals surface area contributed by atoms with Crippen molar-refractivity contribution in [3.05, 3.63) is 58.3 Å². The number of carboxylic acid groups (broad SMARTS) is 1. The van der Waals surface area contributed by atoms with E-state index in [9.17, 15) is 9.59 Å². The van der Waals surface area contributed by atoms with E-state index in [4.69, 9.17) is 5.11 Å². The van der Waals surface area contributed by atoms with E-state index in [1.165, 1.54) is 4.90 Å². The Kier molecular flexibility index (Phi) is 7.00. The van der Waals surface area contributed by atoms with Gasteiger partial charge < -0.3 is 10.0 Å². The normalized spacial score (nSPS) is 11.9. The van der Waals surface area contributed by atoms with Crippen molar-refractivity contribution in [1.82, 2.24) is 4.90 Å². The zero-order chi connectivity index (χ0) is 17.4. The molecular formula is C19H23NO3S. The summed E-state index contributed by atoms with van der Waals surface area (Å²) in [4.78, 5) is 26.6. The minimum Gasteiger partial charge on any atom is -0.480 e. The third-order valence-corrected chi connectivity index (χ3v) is 4.95. The molecule has 1 unspecified atom stereocenters. The van der Waals surface area contributed by atoms with Gasteiger partial charge in [-0.25, -0.2) is 0 Å². The highest BCUT2D eigenvalue weighted by atomic mass is 32.1. The van der Waals surface area contributed by atoms with E-state index in [0.29, 0.717) is 25.8 Å². The van der Waals surface area contributed by atoms with Gasteiger partial charge in [-0.2, -0.15) is 0 Å². The molecule has 1 aromatic carbocycles. The second-order valence-electron chi connectivity index (χ2n) is 5.78. The maximum Gasteiger partial charge on any atom is 0.323 e. The van der Waals surface area contributed by atoms with Crippen LogP contribution in [-0.2, 0) is 22.4 Å². The van der Waals surface area contributed by atoms with Gasteiger partial charge in [0.15, 0.2) is 0 Å². The fourth-order valence-corrected chi connectivity index (χ4v) is 3.39. The van der Waals surface area contributed by atoms with Gasteiger partial charge in [-0.1, -0.05) is 43.3 Å². The zero-order valence-corrected chi connectivity index (χ0v) is 14.7. The predicted molar refractivity (Wildman–Crippen MR) is 96.2 cm³/mol. The maximum atomic E-state index is 12.8. The van der Waals surface area contributed by atoms with E-state index in [0.717, 1.165) is 10.4 Å². The standard InChI is InChI=1S/C19H23NO3S/c1-2-16(13-15-7-4-3-5-8-15)19(23)20(14-18(21)22)11-10-17-9-6-12-24-17/h3-9,12,16H,2,10-11,13-14H2,1H3,(H,21,22). The molecule has 1 N–H and O–H groups in total. The summed E-state index contributed by atoms with van der Waals surface area (Å²) in [6, 6.07) is 13.8. The first-order valence-electron chi connectivity index (χ1n) is 8.17. The molecule has 0 aliphatic rings. The summed E-state index contributed by atoms with van der Waals surface area (Å²) in [7, 11) is 0. The Hall–Kier alpha value is -2.14. The molecule has 1 aromatic heterocycles. The number of hydrogen-bond donors (Lipinski definition) is 1. The van der Waals surface area contributed by atoms with Gasteiger partial charge in [0, 0.05) is 17.3 Å². The summed E-state index contributed by atoms with van der Waals surface area (Å²) in [5.74, 6) is -1.22. The average molecular weight is 345 g/mol. The Bertz CT molecular complexity index is 640. The van der Waals surface area contributed by atoms with Crippen LogP contribution in [0.3, 0.4) is 0 Å². The highest BCUT2D eigenvalue weighted by Gasteiger charge is 2.24. The van der Waals surface area contributed by atoms with Crippen molar-refractivity contribution in [2.24, 2.45) is 5.92 Å². The van der Waals surface area contributed by atoms with E-state index >= 15 is 0 Å². The average Bonchev–Trinajstić information content (AvgIpc) is 3.10. The van der Waals surface area contributed by atoms with Crippen LogP contribution in [0.15, 0.2) is 47.8 Å². The summed E-state index contributed by atoms with van der Waals surface area (Å²) in [6.45, 7) is 2.18. The lowest BCUT2D eigenvalue weighted by atomic mass is 9.95. The largest absolute Gasteiger partial charge is 0.480 e. The molecule has 4 nitrogen and oxygen atoms in total. The minimum absolute atomic E-state index is 0.0692. The third kappa shape index (κ3) is 5.49. The number of carbonyl (C=O) groups is 2. The van der Waals surface area contributed by atoms with Crippen LogP contribution in [0.25, 0.3) is 0 Å². The maximum absolute atomic E-state index is 12.8. The molecule has 5 heteroatoms. The molecule has 2 rings (SSSR count). The fraction of sp³-hybridized carbons (Fsp3) is 0.368. The molecule has 1 atom stereocenters. The molecule has 0 saturated heterocycles. The van der Waals surface area contributed by atoms with E-state index in [1.807, 2.05) is 54.8 Å². The number of amides is 1. The number of carboxylic acids is 1. The summed E-state index contributed by atoms with van der Waals surface area (Å²) in [5.41, 5.74) is 1.10. The SMILES string of the molecule is CCC(Cc1ccccc1)C(=O)N(CCc1cccs1)CC(=O)O. The van der Waals surface area contributed by atoms with Crippen LogP contribution in [-0.4, -0.2) is 35.0 Å². The molecule has 0 bridgehead atoms. The van der Waals surface area contributed by atoms with Gasteiger partial charge in [0.05, 0.1) is 0 Å². The zero-order valence-electron chi connectivity index (χ0n) is 13.9. The number of aliphatic carboxylic acids is 1. The molecule has 0 spiro atoms. The number of carbonyl (C=O) groups excluding carboxylic acids is 1. The van der Waals surface area contributed by atoms with Crippen LogP contribution >= 0.6 is 11.3 Å². The molecular weight excluding hydrogens is 322 g/mol. The van der Waals surface area contributed by atoms with Gasteiger partial charge >= 0.3 is 5.97 Å². The fourth-order valence-electron chi connectivity index (χ4n) is 2.69. The Morgan fingerprint density at radius 3 is 2.50 bits per heavy atom. The van der Waals surface area contributed by atoms with Crippen LogP contribution < -0.4 is 0 Å². The van der Waals surface area contributed by atoms with Gasteiger partial charge in [-0.15, -0.1) is 11.3 Å². The van der Waals surface area contributed by atoms with Crippen molar-refractivity contribution in [2.75, 3.05) is 13.1 Å². The molecule has 0 fully saturated rings. The number of hydrogen-bond acceptors (Lipinski definition) is 3. The first-order chi connectivity index (χ1) is 11.6. The number of rotatable bonds is 9. The molecule has 0 aliphatic carbocycles. The predicted octanol–water partition coefficient (Wildman–Crippen LogP) is 3.47. The van der Waals surface area contributed by atoms with E-state index in [1.54, 1.807) is 11.3 Å².